The van der Waals surface area contributed by atoms with Gasteiger partial charge in [-0.25, -0.2) is 13.6 Å². The summed E-state index contributed by atoms with van der Waals surface area (Å²) in [6.45, 7) is 1.37. The van der Waals surface area contributed by atoms with Gasteiger partial charge in [0.25, 0.3) is 5.56 Å². The van der Waals surface area contributed by atoms with Crippen LogP contribution >= 0.6 is 0 Å². The number of fused-ring (bicyclic) bond motifs is 1. The first kappa shape index (κ1) is 17.6. The number of hydrogen-bond acceptors (Lipinski definition) is 2. The first-order valence-corrected chi connectivity index (χ1v) is 7.74. The van der Waals surface area contributed by atoms with Crippen molar-refractivity contribution in [2.45, 2.75) is 50.6 Å². The predicted octanol–water partition coefficient (Wildman–Crippen LogP) is 3.84. The molecule has 1 saturated carbocycles. The molecule has 2 N–H and O–H groups in total. The summed E-state index contributed by atoms with van der Waals surface area (Å²) in [7, 11) is 0. The second-order valence-electron chi connectivity index (χ2n) is 6.42. The minimum atomic E-state index is -4.74. The van der Waals surface area contributed by atoms with Gasteiger partial charge in [0.2, 0.25) is 5.92 Å². The molecule has 1 heterocycles. The van der Waals surface area contributed by atoms with Gasteiger partial charge in [0.05, 0.1) is 16.5 Å². The predicted molar refractivity (Wildman–Crippen MR) is 81.1 cm³/mol. The number of aromatic nitrogens is 2. The summed E-state index contributed by atoms with van der Waals surface area (Å²) in [4.78, 5) is 27.6. The lowest BCUT2D eigenvalue weighted by molar-refractivity contribution is -0.138. The molecule has 9 heteroatoms. The van der Waals surface area contributed by atoms with Crippen molar-refractivity contribution in [3.63, 3.8) is 0 Å². The molecule has 0 spiro atoms. The van der Waals surface area contributed by atoms with Crippen molar-refractivity contribution in [2.75, 3.05) is 0 Å². The monoisotopic (exact) mass is 362 g/mol. The van der Waals surface area contributed by atoms with Crippen LogP contribution in [0.4, 0.5) is 22.0 Å². The first-order valence-electron chi connectivity index (χ1n) is 7.74. The van der Waals surface area contributed by atoms with Gasteiger partial charge in [-0.05, 0) is 42.9 Å². The molecule has 0 aliphatic heterocycles. The molecule has 0 amide bonds. The van der Waals surface area contributed by atoms with Crippen LogP contribution in [-0.2, 0) is 6.18 Å². The van der Waals surface area contributed by atoms with Gasteiger partial charge in [-0.15, -0.1) is 0 Å². The summed E-state index contributed by atoms with van der Waals surface area (Å²) >= 11 is 0. The first-order chi connectivity index (χ1) is 11.5. The molecule has 0 radical (unpaired) electrons. The third-order valence-corrected chi connectivity index (χ3v) is 4.77. The number of rotatable bonds is 1. The van der Waals surface area contributed by atoms with Gasteiger partial charge in [-0.2, -0.15) is 13.2 Å². The molecule has 25 heavy (non-hydrogen) atoms. The van der Waals surface area contributed by atoms with E-state index in [9.17, 15) is 31.5 Å². The van der Waals surface area contributed by atoms with Crippen molar-refractivity contribution in [1.29, 1.82) is 0 Å². The van der Waals surface area contributed by atoms with Crippen molar-refractivity contribution in [1.82, 2.24) is 9.97 Å². The molecular formula is C16H15F5N2O2. The van der Waals surface area contributed by atoms with Crippen molar-refractivity contribution in [3.8, 4) is 0 Å². The Hall–Kier alpha value is -2.19. The number of nitrogens with one attached hydrogen (secondary N) is 2. The second kappa shape index (κ2) is 5.67. The van der Waals surface area contributed by atoms with E-state index < -0.39 is 47.7 Å². The maximum atomic E-state index is 13.5. The largest absolute Gasteiger partial charge is 0.416 e. The van der Waals surface area contributed by atoms with Gasteiger partial charge in [0.1, 0.15) is 0 Å². The Morgan fingerprint density at radius 3 is 2.28 bits per heavy atom. The van der Waals surface area contributed by atoms with E-state index in [0.29, 0.717) is 6.07 Å². The van der Waals surface area contributed by atoms with Gasteiger partial charge < -0.3 is 4.98 Å². The minimum absolute atomic E-state index is 0.00841. The molecule has 0 bridgehead atoms. The fraction of sp³-hybridized carbons (Fsp3) is 0.500. The molecule has 1 aliphatic carbocycles. The maximum Gasteiger partial charge on any atom is 0.416 e. The Morgan fingerprint density at radius 1 is 1.12 bits per heavy atom. The number of halogens is 5. The summed E-state index contributed by atoms with van der Waals surface area (Å²) in [5.41, 5.74) is -2.77. The maximum absolute atomic E-state index is 13.5. The zero-order valence-electron chi connectivity index (χ0n) is 13.2. The quantitative estimate of drug-likeness (QED) is 0.757. The molecule has 0 atom stereocenters. The zero-order chi connectivity index (χ0) is 18.6. The van der Waals surface area contributed by atoms with Crippen molar-refractivity contribution < 1.29 is 22.0 Å². The fourth-order valence-electron chi connectivity index (χ4n) is 3.58. The molecular weight excluding hydrogens is 347 g/mol. The highest BCUT2D eigenvalue weighted by Crippen LogP contribution is 2.46. The molecule has 0 unspecified atom stereocenters. The molecule has 0 saturated heterocycles. The van der Waals surface area contributed by atoms with Gasteiger partial charge in [-0.1, -0.05) is 0 Å². The highest BCUT2D eigenvalue weighted by Gasteiger charge is 2.41. The third kappa shape index (κ3) is 3.19. The zero-order valence-corrected chi connectivity index (χ0v) is 13.2. The van der Waals surface area contributed by atoms with Gasteiger partial charge >= 0.3 is 11.9 Å². The number of aryl methyl sites for hydroxylation is 1. The van der Waals surface area contributed by atoms with Gasteiger partial charge in [0.15, 0.2) is 0 Å². The molecule has 1 fully saturated rings. The second-order valence-corrected chi connectivity index (χ2v) is 6.42. The SMILES string of the molecule is Cc1c(C2CCC(F)(F)CC2)c(C(F)(F)F)cc2c(=O)[nH]c(=O)[nH]c12. The Balaban J connectivity index is 2.27. The summed E-state index contributed by atoms with van der Waals surface area (Å²) in [5, 5.41) is -0.283. The topological polar surface area (TPSA) is 65.7 Å². The standard InChI is InChI=1S/C16H15F5N2O2/c1-7-11(8-2-4-15(17,18)5-3-8)10(16(19,20)21)6-9-12(7)22-14(25)23-13(9)24/h6,8H,2-5H2,1H3,(H2,22,23,24,25). The summed E-state index contributed by atoms with van der Waals surface area (Å²) in [6, 6.07) is 0.694. The number of benzene rings is 1. The van der Waals surface area contributed by atoms with E-state index in [1.54, 1.807) is 0 Å². The van der Waals surface area contributed by atoms with Crippen LogP contribution in [-0.4, -0.2) is 15.9 Å². The Bertz CT molecular complexity index is 932. The normalized spacial score (nSPS) is 18.6. The molecule has 136 valence electrons. The smallest absolute Gasteiger partial charge is 0.307 e. The number of alkyl halides is 5. The van der Waals surface area contributed by atoms with E-state index >= 15 is 0 Å². The van der Waals surface area contributed by atoms with Gasteiger partial charge in [-0.3, -0.25) is 9.78 Å². The lowest BCUT2D eigenvalue weighted by atomic mass is 9.78. The van der Waals surface area contributed by atoms with Crippen LogP contribution in [0.15, 0.2) is 15.7 Å². The fourth-order valence-corrected chi connectivity index (χ4v) is 3.58. The van der Waals surface area contributed by atoms with Crippen molar-refractivity contribution in [2.24, 2.45) is 0 Å². The third-order valence-electron chi connectivity index (χ3n) is 4.77. The molecule has 1 aliphatic rings. The molecule has 2 aromatic rings. The minimum Gasteiger partial charge on any atom is -0.307 e. The average molecular weight is 362 g/mol. The van der Waals surface area contributed by atoms with Crippen LogP contribution in [0.5, 0.6) is 0 Å². The van der Waals surface area contributed by atoms with Crippen LogP contribution < -0.4 is 11.2 Å². The molecule has 4 nitrogen and oxygen atoms in total. The van der Waals surface area contributed by atoms with E-state index in [4.69, 9.17) is 0 Å². The van der Waals surface area contributed by atoms with Crippen LogP contribution in [0.2, 0.25) is 0 Å². The summed E-state index contributed by atoms with van der Waals surface area (Å²) < 4.78 is 67.4. The van der Waals surface area contributed by atoms with E-state index in [1.807, 2.05) is 4.98 Å². The number of H-pyrrole nitrogens is 2. The van der Waals surface area contributed by atoms with Crippen LogP contribution in [0, 0.1) is 6.92 Å². The van der Waals surface area contributed by atoms with E-state index in [2.05, 4.69) is 4.98 Å². The highest BCUT2D eigenvalue weighted by molar-refractivity contribution is 5.83. The van der Waals surface area contributed by atoms with Crippen LogP contribution in [0.25, 0.3) is 10.9 Å². The Labute approximate surface area is 138 Å². The van der Waals surface area contributed by atoms with E-state index in [-0.39, 0.29) is 34.9 Å². The molecule has 1 aromatic heterocycles. The Kier molecular flexibility index (Phi) is 4.00. The van der Waals surface area contributed by atoms with Crippen LogP contribution in [0.3, 0.4) is 0 Å². The van der Waals surface area contributed by atoms with E-state index in [1.165, 1.54) is 6.92 Å². The average Bonchev–Trinajstić information content (AvgIpc) is 2.47. The van der Waals surface area contributed by atoms with Crippen LogP contribution in [0.1, 0.15) is 48.3 Å². The van der Waals surface area contributed by atoms with Gasteiger partial charge in [0, 0.05) is 12.8 Å². The lowest BCUT2D eigenvalue weighted by Crippen LogP contribution is -2.27. The van der Waals surface area contributed by atoms with E-state index in [0.717, 1.165) is 0 Å². The molecule has 3 rings (SSSR count). The highest BCUT2D eigenvalue weighted by atomic mass is 19.4. The van der Waals surface area contributed by atoms with Crippen molar-refractivity contribution >= 4 is 10.9 Å². The molecule has 1 aromatic carbocycles. The number of aromatic amines is 2. The Morgan fingerprint density at radius 2 is 1.72 bits per heavy atom. The number of hydrogen-bond donors (Lipinski definition) is 2. The summed E-state index contributed by atoms with van der Waals surface area (Å²) in [6.07, 6.45) is -5.89. The van der Waals surface area contributed by atoms with Crippen molar-refractivity contribution in [3.05, 3.63) is 43.6 Å². The lowest BCUT2D eigenvalue weighted by Gasteiger charge is -2.31. The summed E-state index contributed by atoms with van der Waals surface area (Å²) in [5.74, 6) is -3.58.